The summed E-state index contributed by atoms with van der Waals surface area (Å²) in [5.41, 5.74) is 3.21. The third kappa shape index (κ3) is 3.69. The quantitative estimate of drug-likeness (QED) is 0.934. The van der Waals surface area contributed by atoms with Crippen molar-refractivity contribution in [3.63, 3.8) is 0 Å². The molecule has 1 atom stereocenters. The van der Waals surface area contributed by atoms with Crippen LogP contribution in [0.4, 0.5) is 11.4 Å². The lowest BCUT2D eigenvalue weighted by Gasteiger charge is -2.17. The third-order valence-corrected chi connectivity index (χ3v) is 4.43. The second kappa shape index (κ2) is 7.18. The molecule has 3 rings (SSSR count). The summed E-state index contributed by atoms with van der Waals surface area (Å²) in [5, 5.41) is 11.6. The largest absolute Gasteiger partial charge is 0.326 e. The van der Waals surface area contributed by atoms with Gasteiger partial charge >= 0.3 is 0 Å². The Morgan fingerprint density at radius 2 is 1.88 bits per heavy atom. The van der Waals surface area contributed by atoms with Gasteiger partial charge in [-0.3, -0.25) is 9.59 Å². The number of anilines is 2. The molecule has 2 amide bonds. The van der Waals surface area contributed by atoms with Crippen molar-refractivity contribution in [1.82, 2.24) is 0 Å². The molecule has 1 aliphatic rings. The molecular formula is C20H19N3O2. The number of hydrogen-bond acceptors (Lipinski definition) is 3. The van der Waals surface area contributed by atoms with E-state index in [4.69, 9.17) is 5.26 Å². The minimum atomic E-state index is -0.381. The van der Waals surface area contributed by atoms with Crippen molar-refractivity contribution in [2.45, 2.75) is 19.8 Å². The first-order valence-electron chi connectivity index (χ1n) is 8.31. The van der Waals surface area contributed by atoms with E-state index in [0.717, 1.165) is 12.1 Å². The van der Waals surface area contributed by atoms with Gasteiger partial charge in [0.25, 0.3) is 0 Å². The first-order valence-corrected chi connectivity index (χ1v) is 8.31. The molecule has 1 aliphatic heterocycles. The smallest absolute Gasteiger partial charge is 0.229 e. The Hall–Kier alpha value is -3.13. The topological polar surface area (TPSA) is 73.2 Å². The van der Waals surface area contributed by atoms with Crippen molar-refractivity contribution in [3.05, 3.63) is 59.7 Å². The van der Waals surface area contributed by atoms with Crippen LogP contribution in [0.2, 0.25) is 0 Å². The van der Waals surface area contributed by atoms with Gasteiger partial charge in [0.15, 0.2) is 0 Å². The number of carbonyl (C=O) groups is 2. The van der Waals surface area contributed by atoms with Crippen LogP contribution in [-0.2, 0) is 16.0 Å². The van der Waals surface area contributed by atoms with Crippen LogP contribution < -0.4 is 10.2 Å². The molecule has 5 nitrogen and oxygen atoms in total. The predicted octanol–water partition coefficient (Wildman–Crippen LogP) is 3.11. The molecule has 126 valence electrons. The van der Waals surface area contributed by atoms with Gasteiger partial charge in [0.2, 0.25) is 11.8 Å². The first-order chi connectivity index (χ1) is 12.1. The van der Waals surface area contributed by atoms with E-state index in [9.17, 15) is 9.59 Å². The van der Waals surface area contributed by atoms with Crippen LogP contribution in [0.3, 0.4) is 0 Å². The maximum absolute atomic E-state index is 12.4. The summed E-state index contributed by atoms with van der Waals surface area (Å²) in [4.78, 5) is 26.4. The standard InChI is InChI=1S/C20H19N3O2/c1-2-14-5-9-18(10-6-14)23-13-16(11-19(23)24)20(25)22-17-7-3-15(12-21)4-8-17/h3-10,16H,2,11,13H2,1H3,(H,22,25). The normalized spacial score (nSPS) is 16.6. The molecule has 1 fully saturated rings. The lowest BCUT2D eigenvalue weighted by atomic mass is 10.1. The number of carbonyl (C=O) groups excluding carboxylic acids is 2. The number of nitrogens with one attached hydrogen (secondary N) is 1. The minimum absolute atomic E-state index is 0.0378. The van der Waals surface area contributed by atoms with Crippen molar-refractivity contribution < 1.29 is 9.59 Å². The van der Waals surface area contributed by atoms with Crippen LogP contribution >= 0.6 is 0 Å². The van der Waals surface area contributed by atoms with Crippen molar-refractivity contribution in [2.24, 2.45) is 5.92 Å². The van der Waals surface area contributed by atoms with Gasteiger partial charge in [-0.15, -0.1) is 0 Å². The Kier molecular flexibility index (Phi) is 4.80. The zero-order valence-corrected chi connectivity index (χ0v) is 14.0. The highest BCUT2D eigenvalue weighted by atomic mass is 16.2. The summed E-state index contributed by atoms with van der Waals surface area (Å²) in [5.74, 6) is -0.594. The lowest BCUT2D eigenvalue weighted by Crippen LogP contribution is -2.28. The molecule has 2 aromatic carbocycles. The molecule has 0 radical (unpaired) electrons. The van der Waals surface area contributed by atoms with Crippen molar-refractivity contribution >= 4 is 23.2 Å². The summed E-state index contributed by atoms with van der Waals surface area (Å²) in [6.07, 6.45) is 1.15. The fourth-order valence-corrected chi connectivity index (χ4v) is 2.92. The molecule has 0 spiro atoms. The van der Waals surface area contributed by atoms with E-state index < -0.39 is 0 Å². The first kappa shape index (κ1) is 16.7. The Labute approximate surface area is 146 Å². The van der Waals surface area contributed by atoms with E-state index in [-0.39, 0.29) is 24.2 Å². The van der Waals surface area contributed by atoms with Gasteiger partial charge in [-0.1, -0.05) is 19.1 Å². The summed E-state index contributed by atoms with van der Waals surface area (Å²) in [7, 11) is 0. The summed E-state index contributed by atoms with van der Waals surface area (Å²) < 4.78 is 0. The number of benzene rings is 2. The minimum Gasteiger partial charge on any atom is -0.326 e. The number of nitriles is 1. The molecule has 25 heavy (non-hydrogen) atoms. The highest BCUT2D eigenvalue weighted by Gasteiger charge is 2.35. The van der Waals surface area contributed by atoms with Crippen molar-refractivity contribution in [1.29, 1.82) is 5.26 Å². The van der Waals surface area contributed by atoms with Crippen LogP contribution in [-0.4, -0.2) is 18.4 Å². The molecular weight excluding hydrogens is 314 g/mol. The van der Waals surface area contributed by atoms with Crippen LogP contribution in [0.1, 0.15) is 24.5 Å². The second-order valence-corrected chi connectivity index (χ2v) is 6.10. The maximum Gasteiger partial charge on any atom is 0.229 e. The van der Waals surface area contributed by atoms with E-state index in [1.807, 2.05) is 30.3 Å². The van der Waals surface area contributed by atoms with Gasteiger partial charge in [0.1, 0.15) is 0 Å². The lowest BCUT2D eigenvalue weighted by molar-refractivity contribution is -0.122. The average Bonchev–Trinajstić information content (AvgIpc) is 3.04. The van der Waals surface area contributed by atoms with Gasteiger partial charge in [-0.25, -0.2) is 0 Å². The summed E-state index contributed by atoms with van der Waals surface area (Å²) >= 11 is 0. The second-order valence-electron chi connectivity index (χ2n) is 6.10. The van der Waals surface area contributed by atoms with Crippen LogP contribution in [0.25, 0.3) is 0 Å². The van der Waals surface area contributed by atoms with Gasteiger partial charge < -0.3 is 10.2 Å². The zero-order valence-electron chi connectivity index (χ0n) is 14.0. The van der Waals surface area contributed by atoms with Crippen LogP contribution in [0.5, 0.6) is 0 Å². The number of rotatable bonds is 4. The highest BCUT2D eigenvalue weighted by molar-refractivity contribution is 6.03. The SMILES string of the molecule is CCc1ccc(N2CC(C(=O)Nc3ccc(C#N)cc3)CC2=O)cc1. The van der Waals surface area contributed by atoms with Gasteiger partial charge in [-0.05, 0) is 48.4 Å². The van der Waals surface area contributed by atoms with Gasteiger partial charge in [-0.2, -0.15) is 5.26 Å². The molecule has 1 heterocycles. The molecule has 2 aromatic rings. The Balaban J connectivity index is 1.66. The number of aryl methyl sites for hydroxylation is 1. The Bertz CT molecular complexity index is 820. The van der Waals surface area contributed by atoms with Crippen molar-refractivity contribution in [3.8, 4) is 6.07 Å². The molecule has 5 heteroatoms. The number of nitrogens with zero attached hydrogens (tertiary/aromatic N) is 2. The fraction of sp³-hybridized carbons (Fsp3) is 0.250. The van der Waals surface area contributed by atoms with E-state index in [1.54, 1.807) is 29.2 Å². The van der Waals surface area contributed by atoms with E-state index >= 15 is 0 Å². The predicted molar refractivity (Wildman–Crippen MR) is 96.1 cm³/mol. The van der Waals surface area contributed by atoms with Crippen molar-refractivity contribution in [2.75, 3.05) is 16.8 Å². The molecule has 0 aromatic heterocycles. The monoisotopic (exact) mass is 333 g/mol. The third-order valence-electron chi connectivity index (χ3n) is 4.43. The van der Waals surface area contributed by atoms with Gasteiger partial charge in [0.05, 0.1) is 17.6 Å². The Morgan fingerprint density at radius 1 is 1.20 bits per heavy atom. The van der Waals surface area contributed by atoms with E-state index in [2.05, 4.69) is 12.2 Å². The van der Waals surface area contributed by atoms with Crippen LogP contribution in [0, 0.1) is 17.2 Å². The zero-order chi connectivity index (χ0) is 17.8. The van der Waals surface area contributed by atoms with Gasteiger partial charge in [0, 0.05) is 24.3 Å². The van der Waals surface area contributed by atoms with E-state index in [1.165, 1.54) is 5.56 Å². The fourth-order valence-electron chi connectivity index (χ4n) is 2.92. The Morgan fingerprint density at radius 3 is 2.48 bits per heavy atom. The molecule has 1 N–H and O–H groups in total. The van der Waals surface area contributed by atoms with E-state index in [0.29, 0.717) is 17.8 Å². The molecule has 0 bridgehead atoms. The average molecular weight is 333 g/mol. The molecule has 1 saturated heterocycles. The maximum atomic E-state index is 12.4. The summed E-state index contributed by atoms with van der Waals surface area (Å²) in [6.45, 7) is 2.46. The van der Waals surface area contributed by atoms with Crippen LogP contribution in [0.15, 0.2) is 48.5 Å². The number of hydrogen-bond donors (Lipinski definition) is 1. The highest BCUT2D eigenvalue weighted by Crippen LogP contribution is 2.26. The molecule has 0 saturated carbocycles. The summed E-state index contributed by atoms with van der Waals surface area (Å²) in [6, 6.07) is 16.6. The molecule has 1 unspecified atom stereocenters. The molecule has 0 aliphatic carbocycles. The number of amides is 2.